The second-order valence-corrected chi connectivity index (χ2v) is 12.8. The minimum Gasteiger partial charge on any atom is -0.744 e. The monoisotopic (exact) mass is 877 g/mol. The van der Waals surface area contributed by atoms with Gasteiger partial charge in [-0.1, -0.05) is 60.7 Å². The van der Waals surface area contributed by atoms with Gasteiger partial charge in [-0.2, -0.15) is 0 Å². The van der Waals surface area contributed by atoms with E-state index in [-0.39, 0.29) is 24.0 Å². The van der Waals surface area contributed by atoms with Crippen molar-refractivity contribution < 1.29 is 32.0 Å². The SMILES string of the molecule is O=C(Oc1ccc(I)cc1)/C(=C(\C(=O)Oc1cc(I)c(S(=O)(=O)[O-])c(I)c1)c1ccccc1)c1ccccc1. The van der Waals surface area contributed by atoms with E-state index in [4.69, 9.17) is 9.47 Å². The first-order valence-electron chi connectivity index (χ1n) is 11.0. The highest BCUT2D eigenvalue weighted by Crippen LogP contribution is 2.33. The van der Waals surface area contributed by atoms with Crippen LogP contribution in [0, 0.1) is 10.7 Å². The maximum atomic E-state index is 13.8. The first-order valence-corrected chi connectivity index (χ1v) is 15.7. The Kier molecular flexibility index (Phi) is 9.79. The van der Waals surface area contributed by atoms with E-state index >= 15 is 0 Å². The van der Waals surface area contributed by atoms with Crippen molar-refractivity contribution in [2.75, 3.05) is 0 Å². The molecular formula is C28H16I3O7S-. The highest BCUT2D eigenvalue weighted by atomic mass is 127. The number of esters is 2. The first-order chi connectivity index (χ1) is 18.5. The first kappa shape index (κ1) is 29.6. The Morgan fingerprint density at radius 2 is 1.03 bits per heavy atom. The fourth-order valence-electron chi connectivity index (χ4n) is 3.59. The van der Waals surface area contributed by atoms with Gasteiger partial charge in [0.05, 0.1) is 16.0 Å². The molecule has 11 heteroatoms. The smallest absolute Gasteiger partial charge is 0.345 e. The predicted molar refractivity (Wildman–Crippen MR) is 170 cm³/mol. The summed E-state index contributed by atoms with van der Waals surface area (Å²) in [4.78, 5) is 27.0. The summed E-state index contributed by atoms with van der Waals surface area (Å²) in [6, 6.07) is 26.6. The third-order valence-electron chi connectivity index (χ3n) is 5.24. The van der Waals surface area contributed by atoms with Crippen molar-refractivity contribution in [2.45, 2.75) is 4.90 Å². The highest BCUT2D eigenvalue weighted by molar-refractivity contribution is 14.1. The number of halogens is 3. The fourth-order valence-corrected chi connectivity index (χ4v) is 7.88. The van der Waals surface area contributed by atoms with E-state index in [2.05, 4.69) is 22.6 Å². The van der Waals surface area contributed by atoms with Crippen molar-refractivity contribution in [3.63, 3.8) is 0 Å². The molecule has 0 N–H and O–H groups in total. The van der Waals surface area contributed by atoms with E-state index in [1.165, 1.54) is 12.1 Å². The zero-order valence-electron chi connectivity index (χ0n) is 19.6. The van der Waals surface area contributed by atoms with Crippen LogP contribution in [0.3, 0.4) is 0 Å². The molecule has 0 saturated heterocycles. The van der Waals surface area contributed by atoms with Crippen LogP contribution in [0.1, 0.15) is 11.1 Å². The summed E-state index contributed by atoms with van der Waals surface area (Å²) in [6.07, 6.45) is 0. The van der Waals surface area contributed by atoms with Crippen molar-refractivity contribution in [3.05, 3.63) is 119 Å². The lowest BCUT2D eigenvalue weighted by molar-refractivity contribution is -0.130. The molecule has 0 radical (unpaired) electrons. The Morgan fingerprint density at radius 3 is 1.44 bits per heavy atom. The molecule has 4 aromatic rings. The molecule has 0 saturated carbocycles. The molecular weight excluding hydrogens is 861 g/mol. The molecule has 0 aliphatic rings. The number of ether oxygens (including phenoxy) is 2. The van der Waals surface area contributed by atoms with Gasteiger partial charge in [-0.05, 0) is 115 Å². The quantitative estimate of drug-likeness (QED) is 0.0520. The van der Waals surface area contributed by atoms with Crippen molar-refractivity contribution in [1.82, 2.24) is 0 Å². The van der Waals surface area contributed by atoms with Gasteiger partial charge < -0.3 is 14.0 Å². The van der Waals surface area contributed by atoms with E-state index < -0.39 is 27.0 Å². The zero-order valence-corrected chi connectivity index (χ0v) is 26.9. The predicted octanol–water partition coefficient (Wildman–Crippen LogP) is 6.53. The Hall–Kier alpha value is -2.34. The molecule has 7 nitrogen and oxygen atoms in total. The van der Waals surface area contributed by atoms with Crippen LogP contribution in [0.5, 0.6) is 11.5 Å². The van der Waals surface area contributed by atoms with Crippen LogP contribution in [-0.2, 0) is 19.7 Å². The van der Waals surface area contributed by atoms with Crippen LogP contribution in [0.25, 0.3) is 11.1 Å². The van der Waals surface area contributed by atoms with Crippen LogP contribution >= 0.6 is 67.8 Å². The van der Waals surface area contributed by atoms with Gasteiger partial charge in [0.25, 0.3) is 0 Å². The highest BCUT2D eigenvalue weighted by Gasteiger charge is 2.28. The molecule has 4 aromatic carbocycles. The summed E-state index contributed by atoms with van der Waals surface area (Å²) >= 11 is 5.54. The summed E-state index contributed by atoms with van der Waals surface area (Å²) in [6.45, 7) is 0. The molecule has 0 aliphatic heterocycles. The molecule has 0 fully saturated rings. The molecule has 0 spiro atoms. The minimum absolute atomic E-state index is 0.00745. The topological polar surface area (TPSA) is 110 Å². The lowest BCUT2D eigenvalue weighted by Gasteiger charge is -2.17. The van der Waals surface area contributed by atoms with Crippen molar-refractivity contribution >= 4 is 101 Å². The van der Waals surface area contributed by atoms with Crippen LogP contribution in [0.15, 0.2) is 102 Å². The van der Waals surface area contributed by atoms with Gasteiger partial charge in [0.15, 0.2) is 0 Å². The molecule has 4 rings (SSSR count). The van der Waals surface area contributed by atoms with Crippen molar-refractivity contribution in [2.24, 2.45) is 0 Å². The zero-order chi connectivity index (χ0) is 28.2. The van der Waals surface area contributed by atoms with E-state index in [0.717, 1.165) is 3.57 Å². The minimum atomic E-state index is -4.74. The molecule has 0 unspecified atom stereocenters. The number of carbonyl (C=O) groups is 2. The molecule has 0 aliphatic carbocycles. The van der Waals surface area contributed by atoms with Crippen LogP contribution in [0.4, 0.5) is 0 Å². The summed E-state index contributed by atoms with van der Waals surface area (Å²) in [5, 5.41) is 0. The number of hydrogen-bond donors (Lipinski definition) is 0. The maximum absolute atomic E-state index is 13.8. The summed E-state index contributed by atoms with van der Waals surface area (Å²) < 4.78 is 47.5. The molecule has 0 amide bonds. The fraction of sp³-hybridized carbons (Fsp3) is 0. The number of benzene rings is 4. The Balaban J connectivity index is 1.86. The van der Waals surface area contributed by atoms with Gasteiger partial charge in [0.1, 0.15) is 21.6 Å². The van der Waals surface area contributed by atoms with E-state index in [0.29, 0.717) is 16.9 Å². The van der Waals surface area contributed by atoms with E-state index in [1.54, 1.807) is 130 Å². The number of rotatable bonds is 7. The van der Waals surface area contributed by atoms with Gasteiger partial charge >= 0.3 is 11.9 Å². The molecule has 0 atom stereocenters. The summed E-state index contributed by atoms with van der Waals surface area (Å²) in [7, 11) is -4.74. The second-order valence-electron chi connectivity index (χ2n) is 7.89. The Morgan fingerprint density at radius 1 is 0.615 bits per heavy atom. The molecule has 0 bridgehead atoms. The number of hydrogen-bond acceptors (Lipinski definition) is 7. The molecule has 39 heavy (non-hydrogen) atoms. The van der Waals surface area contributed by atoms with Crippen molar-refractivity contribution in [1.29, 1.82) is 0 Å². The maximum Gasteiger partial charge on any atom is 0.345 e. The van der Waals surface area contributed by atoms with Crippen LogP contribution in [0.2, 0.25) is 0 Å². The van der Waals surface area contributed by atoms with Gasteiger partial charge in [-0.3, -0.25) is 0 Å². The van der Waals surface area contributed by atoms with Gasteiger partial charge in [-0.25, -0.2) is 18.0 Å². The van der Waals surface area contributed by atoms with E-state index in [9.17, 15) is 22.6 Å². The number of carbonyl (C=O) groups excluding carboxylic acids is 2. The normalized spacial score (nSPS) is 11.9. The summed E-state index contributed by atoms with van der Waals surface area (Å²) in [5.41, 5.74) is 0.765. The average Bonchev–Trinajstić information content (AvgIpc) is 2.88. The third-order valence-corrected chi connectivity index (χ3v) is 9.33. The van der Waals surface area contributed by atoms with Gasteiger partial charge in [0, 0.05) is 10.7 Å². The largest absolute Gasteiger partial charge is 0.744 e. The Labute approximate surface area is 265 Å². The lowest BCUT2D eigenvalue weighted by atomic mass is 9.94. The van der Waals surface area contributed by atoms with Gasteiger partial charge in [0.2, 0.25) is 0 Å². The standard InChI is InChI=1S/C28H17I3O7S/c29-19-11-13-20(14-12-19)37-27(32)24(17-7-3-1-4-8-17)25(18-9-5-2-6-10-18)28(33)38-21-15-22(30)26(23(31)16-21)39(34,35)36/h1-16H,(H,34,35,36)/p-1/b25-24-. The van der Waals surface area contributed by atoms with Crippen molar-refractivity contribution in [3.8, 4) is 11.5 Å². The van der Waals surface area contributed by atoms with Gasteiger partial charge in [-0.15, -0.1) is 0 Å². The second kappa shape index (κ2) is 12.9. The molecule has 0 heterocycles. The van der Waals surface area contributed by atoms with Crippen LogP contribution < -0.4 is 9.47 Å². The molecule has 198 valence electrons. The Bertz CT molecular complexity index is 1650. The molecule has 0 aromatic heterocycles. The lowest BCUT2D eigenvalue weighted by Crippen LogP contribution is -2.19. The van der Waals surface area contributed by atoms with Crippen LogP contribution in [-0.4, -0.2) is 24.9 Å². The average molecular weight is 877 g/mol. The third kappa shape index (κ3) is 7.45. The van der Waals surface area contributed by atoms with E-state index in [1.807, 2.05) is 0 Å². The summed E-state index contributed by atoms with van der Waals surface area (Å²) in [5.74, 6) is -1.33.